The fourth-order valence-electron chi connectivity index (χ4n) is 8.60. The van der Waals surface area contributed by atoms with Gasteiger partial charge in [-0.1, -0.05) is 259 Å². The first-order chi connectivity index (χ1) is 37.0. The zero-order chi connectivity index (χ0) is 54.3. The number of rotatable bonds is 56. The topological polar surface area (TPSA) is 78.9 Å². The van der Waals surface area contributed by atoms with E-state index >= 15 is 0 Å². The SMILES string of the molecule is CC/C=C\C/C=C\C/C=C\C/C=C\CCCCCCCCCCC(=O)OCC(COC(=O)CCCCCC/C=C\C/C=C\C/C=C\C/C=C\CC)OC(=O)CCCCCCCCCCC/C=C\CCCCCCCC. The number of hydrogen-bond acceptors (Lipinski definition) is 6. The van der Waals surface area contributed by atoms with Gasteiger partial charge >= 0.3 is 17.9 Å². The van der Waals surface area contributed by atoms with Gasteiger partial charge in [0.1, 0.15) is 13.2 Å². The molecule has 0 bridgehead atoms. The van der Waals surface area contributed by atoms with Crippen LogP contribution in [0.5, 0.6) is 0 Å². The van der Waals surface area contributed by atoms with Crippen LogP contribution in [0, 0.1) is 0 Å². The molecular formula is C69H116O6. The predicted octanol–water partition coefficient (Wildman–Crippen LogP) is 21.4. The van der Waals surface area contributed by atoms with E-state index in [0.29, 0.717) is 19.3 Å². The molecule has 0 aliphatic rings. The Morgan fingerprint density at radius 3 is 0.827 bits per heavy atom. The highest BCUT2D eigenvalue weighted by molar-refractivity contribution is 5.71. The fourth-order valence-corrected chi connectivity index (χ4v) is 8.60. The van der Waals surface area contributed by atoms with Crippen LogP contribution in [0.4, 0.5) is 0 Å². The van der Waals surface area contributed by atoms with E-state index in [0.717, 1.165) is 128 Å². The highest BCUT2D eigenvalue weighted by Crippen LogP contribution is 2.15. The van der Waals surface area contributed by atoms with Gasteiger partial charge in [0.15, 0.2) is 6.10 Å². The summed E-state index contributed by atoms with van der Waals surface area (Å²) < 4.78 is 16.9. The van der Waals surface area contributed by atoms with Crippen molar-refractivity contribution >= 4 is 17.9 Å². The van der Waals surface area contributed by atoms with Crippen LogP contribution in [0.2, 0.25) is 0 Å². The van der Waals surface area contributed by atoms with Crippen LogP contribution in [0.1, 0.15) is 290 Å². The minimum atomic E-state index is -0.796. The van der Waals surface area contributed by atoms with Gasteiger partial charge in [-0.05, 0) is 122 Å². The molecule has 0 saturated carbocycles. The first kappa shape index (κ1) is 71.1. The molecule has 6 heteroatoms. The quantitative estimate of drug-likeness (QED) is 0.0261. The molecule has 0 aliphatic carbocycles. The Labute approximate surface area is 463 Å². The molecule has 0 N–H and O–H groups in total. The van der Waals surface area contributed by atoms with Crippen LogP contribution in [-0.2, 0) is 28.6 Å². The maximum Gasteiger partial charge on any atom is 0.306 e. The summed E-state index contributed by atoms with van der Waals surface area (Å²) in [4.78, 5) is 38.3. The summed E-state index contributed by atoms with van der Waals surface area (Å²) in [7, 11) is 0. The number of unbranched alkanes of at least 4 members (excludes halogenated alkanes) is 27. The van der Waals surface area contributed by atoms with Gasteiger partial charge < -0.3 is 14.2 Å². The van der Waals surface area contributed by atoms with E-state index in [9.17, 15) is 14.4 Å². The standard InChI is InChI=1S/C69H116O6/c1-4-7-10-13-16-19-22-25-28-31-33-34-36-38-41-44-47-50-53-56-59-62-68(71)74-65-66(64-73-67(70)61-58-55-52-49-46-43-40-37-30-27-24-21-18-15-12-9-6-3)75-69(72)63-60-57-54-51-48-45-42-39-35-32-29-26-23-20-17-14-11-8-5-2/h7,9-10,12,16,18-19,21,25-30,33-34,40,43,66H,4-6,8,11,13-15,17,20,22-24,31-32,35-39,41-42,44-65H2,1-3H3/b10-7-,12-9-,19-16-,21-18-,28-25-,29-26-,30-27-,34-33-,43-40-. The molecule has 0 aromatic carbocycles. The second-order valence-electron chi connectivity index (χ2n) is 20.5. The zero-order valence-electron chi connectivity index (χ0n) is 49.0. The Morgan fingerprint density at radius 1 is 0.280 bits per heavy atom. The number of carbonyl (C=O) groups is 3. The van der Waals surface area contributed by atoms with Crippen molar-refractivity contribution in [1.82, 2.24) is 0 Å². The van der Waals surface area contributed by atoms with Crippen molar-refractivity contribution in [2.45, 2.75) is 297 Å². The summed E-state index contributed by atoms with van der Waals surface area (Å²) in [5, 5.41) is 0. The van der Waals surface area contributed by atoms with Crippen LogP contribution in [0.15, 0.2) is 109 Å². The van der Waals surface area contributed by atoms with Gasteiger partial charge in [0.05, 0.1) is 0 Å². The van der Waals surface area contributed by atoms with Crippen LogP contribution >= 0.6 is 0 Å². The van der Waals surface area contributed by atoms with Crippen molar-refractivity contribution in [3.8, 4) is 0 Å². The summed E-state index contributed by atoms with van der Waals surface area (Å²) in [6.07, 6.45) is 85.1. The molecule has 1 atom stereocenters. The van der Waals surface area contributed by atoms with Crippen LogP contribution in [0.3, 0.4) is 0 Å². The van der Waals surface area contributed by atoms with E-state index in [1.54, 1.807) is 0 Å². The van der Waals surface area contributed by atoms with Crippen LogP contribution in [0.25, 0.3) is 0 Å². The van der Waals surface area contributed by atoms with Crippen molar-refractivity contribution in [2.75, 3.05) is 13.2 Å². The van der Waals surface area contributed by atoms with Crippen molar-refractivity contribution in [2.24, 2.45) is 0 Å². The smallest absolute Gasteiger partial charge is 0.306 e. The lowest BCUT2D eigenvalue weighted by Gasteiger charge is -2.18. The first-order valence-electron chi connectivity index (χ1n) is 31.4. The zero-order valence-corrected chi connectivity index (χ0v) is 49.0. The minimum Gasteiger partial charge on any atom is -0.462 e. The summed E-state index contributed by atoms with van der Waals surface area (Å²) in [6.45, 7) is 6.40. The second kappa shape index (κ2) is 62.6. The Morgan fingerprint density at radius 2 is 0.520 bits per heavy atom. The largest absolute Gasteiger partial charge is 0.462 e. The van der Waals surface area contributed by atoms with Crippen LogP contribution < -0.4 is 0 Å². The summed E-state index contributed by atoms with van der Waals surface area (Å²) in [5.41, 5.74) is 0. The third-order valence-corrected chi connectivity index (χ3v) is 13.2. The van der Waals surface area contributed by atoms with Crippen molar-refractivity contribution < 1.29 is 28.6 Å². The minimum absolute atomic E-state index is 0.0917. The van der Waals surface area contributed by atoms with E-state index in [1.165, 1.54) is 122 Å². The molecule has 0 radical (unpaired) electrons. The second-order valence-corrected chi connectivity index (χ2v) is 20.5. The number of esters is 3. The molecule has 0 heterocycles. The molecule has 428 valence electrons. The number of ether oxygens (including phenoxy) is 3. The Bertz CT molecular complexity index is 1520. The molecule has 6 nitrogen and oxygen atoms in total. The summed E-state index contributed by atoms with van der Waals surface area (Å²) >= 11 is 0. The summed E-state index contributed by atoms with van der Waals surface area (Å²) in [6, 6.07) is 0. The Hall–Kier alpha value is -3.93. The van der Waals surface area contributed by atoms with E-state index in [-0.39, 0.29) is 31.1 Å². The third kappa shape index (κ3) is 60.8. The summed E-state index contributed by atoms with van der Waals surface area (Å²) in [5.74, 6) is -0.918. The average Bonchev–Trinajstić information content (AvgIpc) is 3.41. The van der Waals surface area contributed by atoms with E-state index < -0.39 is 6.10 Å². The normalized spacial score (nSPS) is 12.8. The lowest BCUT2D eigenvalue weighted by atomic mass is 10.1. The maximum atomic E-state index is 12.9. The van der Waals surface area contributed by atoms with Gasteiger partial charge in [0, 0.05) is 19.3 Å². The highest BCUT2D eigenvalue weighted by Gasteiger charge is 2.19. The van der Waals surface area contributed by atoms with Crippen LogP contribution in [-0.4, -0.2) is 37.2 Å². The van der Waals surface area contributed by atoms with Crippen molar-refractivity contribution in [3.63, 3.8) is 0 Å². The number of carbonyl (C=O) groups excluding carboxylic acids is 3. The van der Waals surface area contributed by atoms with Crippen molar-refractivity contribution in [1.29, 1.82) is 0 Å². The van der Waals surface area contributed by atoms with Crippen molar-refractivity contribution in [3.05, 3.63) is 109 Å². The van der Waals surface area contributed by atoms with Gasteiger partial charge in [0.2, 0.25) is 0 Å². The molecule has 1 unspecified atom stereocenters. The maximum absolute atomic E-state index is 12.9. The lowest BCUT2D eigenvalue weighted by molar-refractivity contribution is -0.167. The lowest BCUT2D eigenvalue weighted by Crippen LogP contribution is -2.30. The van der Waals surface area contributed by atoms with E-state index in [4.69, 9.17) is 14.2 Å². The first-order valence-corrected chi connectivity index (χ1v) is 31.4. The molecular weight excluding hydrogens is 925 g/mol. The Kier molecular flexibility index (Phi) is 59.3. The fraction of sp³-hybridized carbons (Fsp3) is 0.696. The molecule has 0 aliphatic heterocycles. The van der Waals surface area contributed by atoms with E-state index in [1.807, 2.05) is 0 Å². The Balaban J connectivity index is 4.44. The number of allylic oxidation sites excluding steroid dienone is 18. The highest BCUT2D eigenvalue weighted by atomic mass is 16.6. The molecule has 0 saturated heterocycles. The third-order valence-electron chi connectivity index (χ3n) is 13.2. The number of hydrogen-bond donors (Lipinski definition) is 0. The van der Waals surface area contributed by atoms with Gasteiger partial charge in [-0.15, -0.1) is 0 Å². The van der Waals surface area contributed by atoms with Gasteiger partial charge in [-0.3, -0.25) is 14.4 Å². The molecule has 75 heavy (non-hydrogen) atoms. The molecule has 0 rings (SSSR count). The molecule has 0 fully saturated rings. The molecule has 0 amide bonds. The monoisotopic (exact) mass is 1040 g/mol. The van der Waals surface area contributed by atoms with Gasteiger partial charge in [0.25, 0.3) is 0 Å². The molecule has 0 aromatic rings. The molecule has 0 aromatic heterocycles. The van der Waals surface area contributed by atoms with Gasteiger partial charge in [-0.2, -0.15) is 0 Å². The van der Waals surface area contributed by atoms with E-state index in [2.05, 4.69) is 130 Å². The predicted molar refractivity (Wildman–Crippen MR) is 325 cm³/mol. The average molecular weight is 1040 g/mol. The molecule has 0 spiro atoms. The van der Waals surface area contributed by atoms with Gasteiger partial charge in [-0.25, -0.2) is 0 Å².